The van der Waals surface area contributed by atoms with Crippen molar-refractivity contribution in [1.29, 1.82) is 0 Å². The highest BCUT2D eigenvalue weighted by Gasteiger charge is 2.05. The summed E-state index contributed by atoms with van der Waals surface area (Å²) in [7, 11) is 0. The molecule has 0 aliphatic carbocycles. The number of unbranched alkanes of at least 4 members (excludes halogenated alkanes) is 1. The number of Topliss-reactive ketones (excluding diaryl/α,β-unsaturated/α-hetero) is 1. The molecule has 1 rings (SSSR count). The lowest BCUT2D eigenvalue weighted by molar-refractivity contribution is -0.118. The van der Waals surface area contributed by atoms with Crippen LogP contribution in [0.2, 0.25) is 0 Å². The number of ketones is 1. The third-order valence-corrected chi connectivity index (χ3v) is 2.69. The first-order valence-electron chi connectivity index (χ1n) is 5.28. The zero-order chi connectivity index (χ0) is 12.0. The molecule has 0 unspecified atom stereocenters. The van der Waals surface area contributed by atoms with Gasteiger partial charge in [0.2, 0.25) is 0 Å². The third-order valence-electron chi connectivity index (χ3n) is 2.23. The van der Waals surface area contributed by atoms with Crippen molar-refractivity contribution < 1.29 is 9.18 Å². The number of hydrogen-bond donors (Lipinski definition) is 1. The number of nitrogens with two attached hydrogens (primary N) is 1. The van der Waals surface area contributed by atoms with Gasteiger partial charge in [-0.25, -0.2) is 4.39 Å². The van der Waals surface area contributed by atoms with Crippen LogP contribution in [0, 0.1) is 5.82 Å². The van der Waals surface area contributed by atoms with Crippen molar-refractivity contribution in [3.05, 3.63) is 34.1 Å². The number of rotatable bonds is 6. The maximum Gasteiger partial charge on any atom is 0.137 e. The Hall–Kier alpha value is -0.740. The van der Waals surface area contributed by atoms with E-state index >= 15 is 0 Å². The lowest BCUT2D eigenvalue weighted by Crippen LogP contribution is -2.05. The molecule has 0 aliphatic heterocycles. The van der Waals surface area contributed by atoms with Crippen LogP contribution in [0.4, 0.5) is 4.39 Å². The van der Waals surface area contributed by atoms with E-state index in [0.29, 0.717) is 29.4 Å². The number of benzene rings is 1. The summed E-state index contributed by atoms with van der Waals surface area (Å²) >= 11 is 3.20. The molecule has 0 aromatic heterocycles. The molecule has 0 bridgehead atoms. The van der Waals surface area contributed by atoms with Gasteiger partial charge in [-0.15, -0.1) is 0 Å². The molecule has 0 heterocycles. The Labute approximate surface area is 103 Å². The number of hydrogen-bond acceptors (Lipinski definition) is 2. The molecule has 1 aromatic rings. The molecule has 0 saturated carbocycles. The van der Waals surface area contributed by atoms with Crippen LogP contribution < -0.4 is 5.73 Å². The quantitative estimate of drug-likeness (QED) is 0.818. The molecule has 0 fully saturated rings. The van der Waals surface area contributed by atoms with Crippen LogP contribution in [-0.4, -0.2) is 12.3 Å². The van der Waals surface area contributed by atoms with Crippen LogP contribution in [0.3, 0.4) is 0 Å². The predicted octanol–water partition coefficient (Wildman–Crippen LogP) is 2.83. The Morgan fingerprint density at radius 3 is 2.69 bits per heavy atom. The Bertz CT molecular complexity index is 348. The Kier molecular flexibility index (Phi) is 5.63. The average molecular weight is 288 g/mol. The zero-order valence-corrected chi connectivity index (χ0v) is 10.6. The predicted molar refractivity (Wildman–Crippen MR) is 65.7 cm³/mol. The standard InChI is InChI=1S/C12H15BrFNO/c13-10-5-9(6-11(14)8-10)7-12(16)3-1-2-4-15/h5-6,8H,1-4,7,15H2. The van der Waals surface area contributed by atoms with Gasteiger partial charge in [-0.1, -0.05) is 15.9 Å². The molecule has 2 N–H and O–H groups in total. The van der Waals surface area contributed by atoms with Gasteiger partial charge in [-0.05, 0) is 43.1 Å². The van der Waals surface area contributed by atoms with Gasteiger partial charge in [-0.3, -0.25) is 4.79 Å². The molecule has 4 heteroatoms. The fraction of sp³-hybridized carbons (Fsp3) is 0.417. The molecule has 0 amide bonds. The molecule has 0 aliphatic rings. The van der Waals surface area contributed by atoms with E-state index in [-0.39, 0.29) is 11.6 Å². The first-order valence-corrected chi connectivity index (χ1v) is 6.08. The zero-order valence-electron chi connectivity index (χ0n) is 9.01. The largest absolute Gasteiger partial charge is 0.330 e. The van der Waals surface area contributed by atoms with Crippen molar-refractivity contribution in [1.82, 2.24) is 0 Å². The minimum absolute atomic E-state index is 0.131. The molecule has 1 aromatic carbocycles. The van der Waals surface area contributed by atoms with E-state index in [0.717, 1.165) is 12.8 Å². The Balaban J connectivity index is 2.49. The van der Waals surface area contributed by atoms with E-state index in [1.807, 2.05) is 0 Å². The molecule has 16 heavy (non-hydrogen) atoms. The maximum atomic E-state index is 13.0. The van der Waals surface area contributed by atoms with Crippen LogP contribution in [0.15, 0.2) is 22.7 Å². The van der Waals surface area contributed by atoms with Crippen molar-refractivity contribution in [2.24, 2.45) is 5.73 Å². The molecular formula is C12H15BrFNO. The van der Waals surface area contributed by atoms with E-state index in [4.69, 9.17) is 5.73 Å². The van der Waals surface area contributed by atoms with Crippen molar-refractivity contribution in [2.45, 2.75) is 25.7 Å². The first kappa shape index (κ1) is 13.3. The van der Waals surface area contributed by atoms with Crippen LogP contribution in [0.1, 0.15) is 24.8 Å². The second-order valence-corrected chi connectivity index (χ2v) is 4.65. The minimum Gasteiger partial charge on any atom is -0.330 e. The molecule has 0 atom stereocenters. The summed E-state index contributed by atoms with van der Waals surface area (Å²) in [5, 5.41) is 0. The highest BCUT2D eigenvalue weighted by Crippen LogP contribution is 2.16. The molecule has 88 valence electrons. The minimum atomic E-state index is -0.320. The second-order valence-electron chi connectivity index (χ2n) is 3.74. The molecule has 0 spiro atoms. The van der Waals surface area contributed by atoms with E-state index < -0.39 is 0 Å². The summed E-state index contributed by atoms with van der Waals surface area (Å²) in [6.45, 7) is 0.610. The van der Waals surface area contributed by atoms with Crippen molar-refractivity contribution in [3.8, 4) is 0 Å². The summed E-state index contributed by atoms with van der Waals surface area (Å²) < 4.78 is 13.7. The van der Waals surface area contributed by atoms with E-state index in [2.05, 4.69) is 15.9 Å². The summed E-state index contributed by atoms with van der Waals surface area (Å²) in [6.07, 6.45) is 2.48. The van der Waals surface area contributed by atoms with Gasteiger partial charge >= 0.3 is 0 Å². The van der Waals surface area contributed by atoms with Crippen LogP contribution in [-0.2, 0) is 11.2 Å². The van der Waals surface area contributed by atoms with Crippen molar-refractivity contribution in [2.75, 3.05) is 6.54 Å². The van der Waals surface area contributed by atoms with Gasteiger partial charge < -0.3 is 5.73 Å². The summed E-state index contributed by atoms with van der Waals surface area (Å²) in [6, 6.07) is 4.54. The first-order chi connectivity index (χ1) is 7.61. The Morgan fingerprint density at radius 1 is 1.31 bits per heavy atom. The lowest BCUT2D eigenvalue weighted by Gasteiger charge is -2.02. The maximum absolute atomic E-state index is 13.0. The number of carbonyl (C=O) groups excluding carboxylic acids is 1. The van der Waals surface area contributed by atoms with E-state index in [1.54, 1.807) is 6.07 Å². The molecule has 0 saturated heterocycles. The van der Waals surface area contributed by atoms with Crippen LogP contribution in [0.5, 0.6) is 0 Å². The van der Waals surface area contributed by atoms with Crippen LogP contribution in [0.25, 0.3) is 0 Å². The van der Waals surface area contributed by atoms with Crippen LogP contribution >= 0.6 is 15.9 Å². The number of carbonyl (C=O) groups is 1. The fourth-order valence-electron chi connectivity index (χ4n) is 1.50. The normalized spacial score (nSPS) is 10.4. The van der Waals surface area contributed by atoms with Gasteiger partial charge in [-0.2, -0.15) is 0 Å². The average Bonchev–Trinajstić information content (AvgIpc) is 2.16. The lowest BCUT2D eigenvalue weighted by atomic mass is 10.0. The highest BCUT2D eigenvalue weighted by molar-refractivity contribution is 9.10. The third kappa shape index (κ3) is 4.86. The summed E-state index contributed by atoms with van der Waals surface area (Å²) in [4.78, 5) is 11.5. The Morgan fingerprint density at radius 2 is 2.06 bits per heavy atom. The molecule has 0 radical (unpaired) electrons. The van der Waals surface area contributed by atoms with E-state index in [1.165, 1.54) is 12.1 Å². The summed E-state index contributed by atoms with van der Waals surface area (Å²) in [5.41, 5.74) is 6.05. The van der Waals surface area contributed by atoms with Crippen molar-refractivity contribution >= 4 is 21.7 Å². The fourth-order valence-corrected chi connectivity index (χ4v) is 2.01. The van der Waals surface area contributed by atoms with Gasteiger partial charge in [0, 0.05) is 17.3 Å². The van der Waals surface area contributed by atoms with Gasteiger partial charge in [0.15, 0.2) is 0 Å². The second kappa shape index (κ2) is 6.76. The molecule has 2 nitrogen and oxygen atoms in total. The SMILES string of the molecule is NCCCCC(=O)Cc1cc(F)cc(Br)c1. The van der Waals surface area contributed by atoms with Crippen molar-refractivity contribution in [3.63, 3.8) is 0 Å². The number of halogens is 2. The molecular weight excluding hydrogens is 273 g/mol. The van der Waals surface area contributed by atoms with Gasteiger partial charge in [0.1, 0.15) is 11.6 Å². The van der Waals surface area contributed by atoms with Gasteiger partial charge in [0.25, 0.3) is 0 Å². The monoisotopic (exact) mass is 287 g/mol. The van der Waals surface area contributed by atoms with E-state index in [9.17, 15) is 9.18 Å². The highest BCUT2D eigenvalue weighted by atomic mass is 79.9. The smallest absolute Gasteiger partial charge is 0.137 e. The summed E-state index contributed by atoms with van der Waals surface area (Å²) in [5.74, 6) is -0.190. The topological polar surface area (TPSA) is 43.1 Å². The van der Waals surface area contributed by atoms with Gasteiger partial charge in [0.05, 0.1) is 0 Å².